The number of hydrogen-bond acceptors (Lipinski definition) is 0. The number of alkyl halides is 1. The maximum Gasteiger partial charge on any atom is 0.0483 e. The van der Waals surface area contributed by atoms with Crippen molar-refractivity contribution < 1.29 is 0 Å². The Balaban J connectivity index is 3.10. The Morgan fingerprint density at radius 3 is 2.64 bits per heavy atom. The van der Waals surface area contributed by atoms with E-state index in [4.69, 9.17) is 0 Å². The zero-order valence-electron chi connectivity index (χ0n) is 8.89. The molecule has 76 valence electrons. The summed E-state index contributed by atoms with van der Waals surface area (Å²) in [6.45, 7) is 8.27. The Morgan fingerprint density at radius 2 is 2.07 bits per heavy atom. The van der Waals surface area contributed by atoms with E-state index >= 15 is 0 Å². The fourth-order valence-electron chi connectivity index (χ4n) is 1.75. The number of hydrogen-bond donors (Lipinski definition) is 0. The normalized spacial score (nSPS) is 14.8. The van der Waals surface area contributed by atoms with Crippen molar-refractivity contribution in [1.29, 1.82) is 0 Å². The molecule has 0 aliphatic heterocycles. The van der Waals surface area contributed by atoms with Gasteiger partial charge in [-0.3, -0.25) is 0 Å². The molecule has 0 aliphatic carbocycles. The Hall–Kier alpha value is -0.560. The Bertz CT molecular complexity index is 313. The van der Waals surface area contributed by atoms with Crippen LogP contribution < -0.4 is 0 Å². The molecule has 1 aromatic carbocycles. The number of rotatable bonds is 4. The van der Waals surface area contributed by atoms with Crippen LogP contribution in [0.15, 0.2) is 30.8 Å². The summed E-state index contributed by atoms with van der Waals surface area (Å²) in [7, 11) is 0. The molecular weight excluding hydrogens is 236 g/mol. The summed E-state index contributed by atoms with van der Waals surface area (Å²) in [4.78, 5) is 0. The Morgan fingerprint density at radius 1 is 1.43 bits per heavy atom. The van der Waals surface area contributed by atoms with Gasteiger partial charge in [0.15, 0.2) is 0 Å². The molecule has 0 N–H and O–H groups in total. The van der Waals surface area contributed by atoms with Crippen LogP contribution >= 0.6 is 15.9 Å². The summed E-state index contributed by atoms with van der Waals surface area (Å²) in [5.74, 6) is 0. The molecule has 14 heavy (non-hydrogen) atoms. The molecule has 0 fully saturated rings. The quantitative estimate of drug-likeness (QED) is 0.680. The summed E-state index contributed by atoms with van der Waals surface area (Å²) in [5, 5.41) is 0. The predicted molar refractivity (Wildman–Crippen MR) is 67.7 cm³/mol. The van der Waals surface area contributed by atoms with E-state index < -0.39 is 0 Å². The second-order valence-corrected chi connectivity index (χ2v) is 5.49. The van der Waals surface area contributed by atoms with Gasteiger partial charge < -0.3 is 0 Å². The second-order valence-electron chi connectivity index (χ2n) is 3.74. The van der Waals surface area contributed by atoms with Crippen molar-refractivity contribution in [1.82, 2.24) is 0 Å². The Labute approximate surface area is 95.2 Å². The van der Waals surface area contributed by atoms with Crippen LogP contribution in [0.2, 0.25) is 0 Å². The van der Waals surface area contributed by atoms with Gasteiger partial charge in [0.05, 0.1) is 0 Å². The van der Waals surface area contributed by atoms with E-state index in [0.717, 1.165) is 6.42 Å². The van der Waals surface area contributed by atoms with E-state index in [0.29, 0.717) is 0 Å². The van der Waals surface area contributed by atoms with E-state index in [2.05, 4.69) is 60.6 Å². The largest absolute Gasteiger partial charge is 0.0985 e. The van der Waals surface area contributed by atoms with E-state index in [1.165, 1.54) is 17.5 Å². The lowest BCUT2D eigenvalue weighted by atomic mass is 9.92. The van der Waals surface area contributed by atoms with Crippen molar-refractivity contribution in [2.45, 2.75) is 31.0 Å². The van der Waals surface area contributed by atoms with E-state index in [1.807, 2.05) is 6.08 Å². The van der Waals surface area contributed by atoms with Crippen LogP contribution in [0.25, 0.3) is 6.08 Å². The van der Waals surface area contributed by atoms with E-state index in [1.54, 1.807) is 0 Å². The third-order valence-electron chi connectivity index (χ3n) is 2.46. The molecule has 0 aliphatic rings. The highest BCUT2D eigenvalue weighted by Gasteiger charge is 2.23. The van der Waals surface area contributed by atoms with Gasteiger partial charge in [-0.15, -0.1) is 0 Å². The van der Waals surface area contributed by atoms with Gasteiger partial charge in [0.1, 0.15) is 0 Å². The molecule has 1 rings (SSSR count). The van der Waals surface area contributed by atoms with Crippen molar-refractivity contribution in [2.24, 2.45) is 0 Å². The molecule has 0 bridgehead atoms. The van der Waals surface area contributed by atoms with Crippen molar-refractivity contribution >= 4 is 22.0 Å². The SMILES string of the molecule is C=Cc1ccccc1C(C)(Br)CCC. The summed E-state index contributed by atoms with van der Waals surface area (Å²) in [6, 6.07) is 8.41. The summed E-state index contributed by atoms with van der Waals surface area (Å²) >= 11 is 3.79. The molecular formula is C13H17Br. The van der Waals surface area contributed by atoms with Gasteiger partial charge in [-0.25, -0.2) is 0 Å². The fourth-order valence-corrected chi connectivity index (χ4v) is 2.51. The first-order chi connectivity index (χ1) is 6.61. The molecule has 0 saturated carbocycles. The summed E-state index contributed by atoms with van der Waals surface area (Å²) < 4.78 is 0.0759. The average molecular weight is 253 g/mol. The van der Waals surface area contributed by atoms with Crippen LogP contribution in [0.4, 0.5) is 0 Å². The Kier molecular flexibility index (Phi) is 3.94. The van der Waals surface area contributed by atoms with Crippen LogP contribution in [0.5, 0.6) is 0 Å². The monoisotopic (exact) mass is 252 g/mol. The highest BCUT2D eigenvalue weighted by Crippen LogP contribution is 2.37. The van der Waals surface area contributed by atoms with Gasteiger partial charge in [0.2, 0.25) is 0 Å². The minimum Gasteiger partial charge on any atom is -0.0985 e. The van der Waals surface area contributed by atoms with Gasteiger partial charge in [0.25, 0.3) is 0 Å². The molecule has 0 amide bonds. The highest BCUT2D eigenvalue weighted by atomic mass is 79.9. The molecule has 0 nitrogen and oxygen atoms in total. The zero-order valence-corrected chi connectivity index (χ0v) is 10.5. The minimum absolute atomic E-state index is 0.0759. The first-order valence-corrected chi connectivity index (χ1v) is 5.82. The lowest BCUT2D eigenvalue weighted by Gasteiger charge is -2.24. The summed E-state index contributed by atoms with van der Waals surface area (Å²) in [5.41, 5.74) is 2.55. The van der Waals surface area contributed by atoms with Crippen molar-refractivity contribution in [3.63, 3.8) is 0 Å². The molecule has 1 unspecified atom stereocenters. The lowest BCUT2D eigenvalue weighted by molar-refractivity contribution is 0.621. The zero-order chi connectivity index (χ0) is 10.6. The maximum absolute atomic E-state index is 3.84. The highest BCUT2D eigenvalue weighted by molar-refractivity contribution is 9.09. The summed E-state index contributed by atoms with van der Waals surface area (Å²) in [6.07, 6.45) is 4.23. The van der Waals surface area contributed by atoms with E-state index in [-0.39, 0.29) is 4.32 Å². The third kappa shape index (κ3) is 2.48. The average Bonchev–Trinajstić information content (AvgIpc) is 2.18. The fraction of sp³-hybridized carbons (Fsp3) is 0.385. The second kappa shape index (κ2) is 4.79. The molecule has 1 atom stereocenters. The molecule has 1 heteroatoms. The van der Waals surface area contributed by atoms with Gasteiger partial charge in [-0.2, -0.15) is 0 Å². The standard InChI is InChI=1S/C13H17Br/c1-4-10-13(3,14)12-9-7-6-8-11(12)5-2/h5-9H,2,4,10H2,1,3H3. The lowest BCUT2D eigenvalue weighted by Crippen LogP contribution is -2.13. The van der Waals surface area contributed by atoms with Crippen LogP contribution in [-0.2, 0) is 4.32 Å². The van der Waals surface area contributed by atoms with Crippen LogP contribution in [0.3, 0.4) is 0 Å². The molecule has 0 saturated heterocycles. The first-order valence-electron chi connectivity index (χ1n) is 5.02. The van der Waals surface area contributed by atoms with Crippen LogP contribution in [0, 0.1) is 0 Å². The maximum atomic E-state index is 3.84. The van der Waals surface area contributed by atoms with Gasteiger partial charge in [-0.1, -0.05) is 66.2 Å². The van der Waals surface area contributed by atoms with Gasteiger partial charge >= 0.3 is 0 Å². The van der Waals surface area contributed by atoms with Crippen molar-refractivity contribution in [2.75, 3.05) is 0 Å². The molecule has 0 spiro atoms. The first kappa shape index (κ1) is 11.5. The van der Waals surface area contributed by atoms with Gasteiger partial charge in [0, 0.05) is 4.32 Å². The number of benzene rings is 1. The van der Waals surface area contributed by atoms with Crippen LogP contribution in [0.1, 0.15) is 37.8 Å². The molecule has 0 heterocycles. The molecule has 0 radical (unpaired) electrons. The van der Waals surface area contributed by atoms with Gasteiger partial charge in [-0.05, 0) is 24.5 Å². The minimum atomic E-state index is 0.0759. The van der Waals surface area contributed by atoms with Crippen molar-refractivity contribution in [3.05, 3.63) is 42.0 Å². The van der Waals surface area contributed by atoms with Crippen LogP contribution in [-0.4, -0.2) is 0 Å². The van der Waals surface area contributed by atoms with E-state index in [9.17, 15) is 0 Å². The number of halogens is 1. The smallest absolute Gasteiger partial charge is 0.0483 e. The molecule has 0 aromatic heterocycles. The van der Waals surface area contributed by atoms with Crippen molar-refractivity contribution in [3.8, 4) is 0 Å². The third-order valence-corrected chi connectivity index (χ3v) is 3.29. The predicted octanol–water partition coefficient (Wildman–Crippen LogP) is 4.74. The topological polar surface area (TPSA) is 0 Å². The molecule has 1 aromatic rings.